The normalized spacial score (nSPS) is 10.0. The average Bonchev–Trinajstić information content (AvgIpc) is 2.43. The number of hydrogen-bond donors (Lipinski definition) is 3. The lowest BCUT2D eigenvalue weighted by atomic mass is 10.0. The molecule has 0 spiro atoms. The van der Waals surface area contributed by atoms with Gasteiger partial charge in [0.15, 0.2) is 0 Å². The Morgan fingerprint density at radius 2 is 1.73 bits per heavy atom. The van der Waals surface area contributed by atoms with Gasteiger partial charge in [-0.05, 0) is 35.7 Å². The number of benzene rings is 2. The van der Waals surface area contributed by atoms with Gasteiger partial charge in [-0.3, -0.25) is 0 Å². The third kappa shape index (κ3) is 4.73. The summed E-state index contributed by atoms with van der Waals surface area (Å²) in [4.78, 5) is 10.3. The molecule has 2 rings (SSSR count). The van der Waals surface area contributed by atoms with Crippen LogP contribution in [-0.4, -0.2) is 11.1 Å². The molecule has 0 heterocycles. The first-order valence-electron chi connectivity index (χ1n) is 6.55. The van der Waals surface area contributed by atoms with Crippen molar-refractivity contribution in [2.75, 3.05) is 11.5 Å². The van der Waals surface area contributed by atoms with Crippen molar-refractivity contribution < 1.29 is 18.7 Å². The number of nitrogen functional groups attached to an aromatic ring is 2. The molecule has 0 atom stereocenters. The predicted octanol–water partition coefficient (Wildman–Crippen LogP) is 3.64. The van der Waals surface area contributed by atoms with Crippen LogP contribution in [0.1, 0.15) is 35.7 Å². The van der Waals surface area contributed by atoms with E-state index in [9.17, 15) is 13.6 Å². The number of carboxylic acids is 1. The summed E-state index contributed by atoms with van der Waals surface area (Å²) in [5.41, 5.74) is 11.8. The molecule has 0 fully saturated rings. The molecule has 22 heavy (non-hydrogen) atoms. The van der Waals surface area contributed by atoms with E-state index in [4.69, 9.17) is 16.6 Å². The Morgan fingerprint density at radius 3 is 2.18 bits per heavy atom. The fraction of sp³-hybridized carbons (Fsp3) is 0.188. The molecule has 0 saturated heterocycles. The van der Waals surface area contributed by atoms with Crippen LogP contribution < -0.4 is 11.5 Å². The van der Waals surface area contributed by atoms with Gasteiger partial charge < -0.3 is 16.6 Å². The minimum absolute atomic E-state index is 0.0000926. The van der Waals surface area contributed by atoms with Crippen LogP contribution in [0.2, 0.25) is 0 Å². The molecule has 118 valence electrons. The number of hydrogen-bond acceptors (Lipinski definition) is 3. The number of carboxylic acid groups (broad SMARTS) is 1. The van der Waals surface area contributed by atoms with Gasteiger partial charge in [-0.15, -0.1) is 0 Å². The molecule has 2 aromatic rings. The molecule has 0 aliphatic heterocycles. The zero-order valence-electron chi connectivity index (χ0n) is 12.3. The van der Waals surface area contributed by atoms with Gasteiger partial charge in [-0.2, -0.15) is 0 Å². The van der Waals surface area contributed by atoms with Crippen molar-refractivity contribution in [2.24, 2.45) is 0 Å². The number of rotatable bonds is 2. The lowest BCUT2D eigenvalue weighted by Crippen LogP contribution is -1.98. The summed E-state index contributed by atoms with van der Waals surface area (Å²) in [6.07, 6.45) is 0. The van der Waals surface area contributed by atoms with Crippen LogP contribution in [0, 0.1) is 11.6 Å². The molecule has 5 N–H and O–H groups in total. The van der Waals surface area contributed by atoms with Gasteiger partial charge in [0, 0.05) is 11.8 Å². The Labute approximate surface area is 127 Å². The molecule has 2 aromatic carbocycles. The largest absolute Gasteiger partial charge is 0.478 e. The highest BCUT2D eigenvalue weighted by molar-refractivity contribution is 5.88. The summed E-state index contributed by atoms with van der Waals surface area (Å²) >= 11 is 0. The number of nitrogens with two attached hydrogens (primary N) is 2. The number of anilines is 2. The molecular weight excluding hydrogens is 290 g/mol. The van der Waals surface area contributed by atoms with Crippen LogP contribution in [0.5, 0.6) is 0 Å². The third-order valence-corrected chi connectivity index (χ3v) is 2.87. The maximum absolute atomic E-state index is 13.0. The van der Waals surface area contributed by atoms with E-state index in [2.05, 4.69) is 0 Å². The highest BCUT2D eigenvalue weighted by Gasteiger charge is 2.10. The summed E-state index contributed by atoms with van der Waals surface area (Å²) < 4.78 is 25.6. The van der Waals surface area contributed by atoms with E-state index in [1.807, 2.05) is 13.8 Å². The van der Waals surface area contributed by atoms with E-state index in [0.29, 0.717) is 11.3 Å². The zero-order valence-corrected chi connectivity index (χ0v) is 12.3. The second-order valence-electron chi connectivity index (χ2n) is 4.98. The predicted molar refractivity (Wildman–Crippen MR) is 82.7 cm³/mol. The van der Waals surface area contributed by atoms with Gasteiger partial charge in [-0.1, -0.05) is 19.9 Å². The molecule has 0 aromatic heterocycles. The van der Waals surface area contributed by atoms with E-state index >= 15 is 0 Å². The van der Waals surface area contributed by atoms with Crippen molar-refractivity contribution in [1.29, 1.82) is 0 Å². The molecule has 0 aliphatic carbocycles. The Bertz CT molecular complexity index is 673. The summed E-state index contributed by atoms with van der Waals surface area (Å²) in [5, 5.41) is 8.45. The van der Waals surface area contributed by atoms with Crippen molar-refractivity contribution in [1.82, 2.24) is 0 Å². The van der Waals surface area contributed by atoms with Crippen LogP contribution in [0.4, 0.5) is 20.2 Å². The second kappa shape index (κ2) is 7.40. The van der Waals surface area contributed by atoms with E-state index in [0.717, 1.165) is 6.07 Å². The van der Waals surface area contributed by atoms with Crippen LogP contribution >= 0.6 is 0 Å². The number of aromatic carboxylic acids is 1. The van der Waals surface area contributed by atoms with Crippen LogP contribution in [0.3, 0.4) is 0 Å². The fourth-order valence-electron chi connectivity index (χ4n) is 1.70. The summed E-state index contributed by atoms with van der Waals surface area (Å²) in [7, 11) is 0. The van der Waals surface area contributed by atoms with Crippen LogP contribution in [0.15, 0.2) is 36.4 Å². The SMILES string of the molecule is CC(C)c1cc(N)c(F)cc1F.Nc1cccc(C(=O)O)c1. The van der Waals surface area contributed by atoms with E-state index < -0.39 is 17.6 Å². The van der Waals surface area contributed by atoms with Gasteiger partial charge in [0.2, 0.25) is 0 Å². The topological polar surface area (TPSA) is 89.3 Å². The van der Waals surface area contributed by atoms with Gasteiger partial charge in [0.25, 0.3) is 0 Å². The van der Waals surface area contributed by atoms with Crippen LogP contribution in [-0.2, 0) is 0 Å². The lowest BCUT2D eigenvalue weighted by Gasteiger charge is -2.07. The van der Waals surface area contributed by atoms with E-state index in [1.165, 1.54) is 18.2 Å². The van der Waals surface area contributed by atoms with Crippen LogP contribution in [0.25, 0.3) is 0 Å². The molecule has 0 amide bonds. The smallest absolute Gasteiger partial charge is 0.335 e. The van der Waals surface area contributed by atoms with Gasteiger partial charge in [-0.25, -0.2) is 13.6 Å². The number of halogens is 2. The standard InChI is InChI=1S/C9H11F2N.C7H7NO2/c1-5(2)6-3-9(12)8(11)4-7(6)10;8-6-3-1-2-5(4-6)7(9)10/h3-5H,12H2,1-2H3;1-4H,8H2,(H,9,10). The highest BCUT2D eigenvalue weighted by atomic mass is 19.1. The lowest BCUT2D eigenvalue weighted by molar-refractivity contribution is 0.0697. The Hall–Kier alpha value is -2.63. The van der Waals surface area contributed by atoms with Gasteiger partial charge in [0.05, 0.1) is 11.3 Å². The highest BCUT2D eigenvalue weighted by Crippen LogP contribution is 2.22. The summed E-state index contributed by atoms with van der Waals surface area (Å²) in [6, 6.07) is 8.34. The van der Waals surface area contributed by atoms with Crippen molar-refractivity contribution in [3.63, 3.8) is 0 Å². The first-order chi connectivity index (χ1) is 10.2. The van der Waals surface area contributed by atoms with Crippen molar-refractivity contribution >= 4 is 17.3 Å². The molecule has 0 unspecified atom stereocenters. The summed E-state index contributed by atoms with van der Waals surface area (Å²) in [6.45, 7) is 3.66. The average molecular weight is 308 g/mol. The molecule has 6 heteroatoms. The molecular formula is C16H18F2N2O2. The van der Waals surface area contributed by atoms with Crippen molar-refractivity contribution in [3.05, 3.63) is 59.2 Å². The minimum Gasteiger partial charge on any atom is -0.478 e. The summed E-state index contributed by atoms with van der Waals surface area (Å²) in [5.74, 6) is -2.16. The van der Waals surface area contributed by atoms with Gasteiger partial charge in [0.1, 0.15) is 11.6 Å². The maximum Gasteiger partial charge on any atom is 0.335 e. The molecule has 4 nitrogen and oxygen atoms in total. The molecule has 0 aliphatic rings. The van der Waals surface area contributed by atoms with Crippen molar-refractivity contribution in [2.45, 2.75) is 19.8 Å². The first kappa shape index (κ1) is 17.4. The fourth-order valence-corrected chi connectivity index (χ4v) is 1.70. The molecule has 0 radical (unpaired) electrons. The number of carbonyl (C=O) groups is 1. The Balaban J connectivity index is 0.000000224. The Morgan fingerprint density at radius 1 is 1.09 bits per heavy atom. The quantitative estimate of drug-likeness (QED) is 0.739. The molecule has 0 bridgehead atoms. The minimum atomic E-state index is -0.952. The Kier molecular flexibility index (Phi) is 5.86. The van der Waals surface area contributed by atoms with Crippen molar-refractivity contribution in [3.8, 4) is 0 Å². The zero-order chi connectivity index (χ0) is 16.9. The van der Waals surface area contributed by atoms with Gasteiger partial charge >= 0.3 is 5.97 Å². The maximum atomic E-state index is 13.0. The second-order valence-corrected chi connectivity index (χ2v) is 4.98. The van der Waals surface area contributed by atoms with E-state index in [1.54, 1.807) is 12.1 Å². The monoisotopic (exact) mass is 308 g/mol. The first-order valence-corrected chi connectivity index (χ1v) is 6.55. The molecule has 0 saturated carbocycles. The third-order valence-electron chi connectivity index (χ3n) is 2.87. The van der Waals surface area contributed by atoms with E-state index in [-0.39, 0.29) is 17.2 Å².